The molecule has 3 heterocycles. The van der Waals surface area contributed by atoms with Crippen molar-refractivity contribution in [1.29, 1.82) is 0 Å². The summed E-state index contributed by atoms with van der Waals surface area (Å²) >= 11 is 0. The van der Waals surface area contributed by atoms with Gasteiger partial charge in [0.25, 0.3) is 5.89 Å². The third-order valence-electron chi connectivity index (χ3n) is 3.59. The zero-order chi connectivity index (χ0) is 17.9. The van der Waals surface area contributed by atoms with Crippen molar-refractivity contribution in [2.45, 2.75) is 13.0 Å². The molecule has 26 heavy (non-hydrogen) atoms. The lowest BCUT2D eigenvalue weighted by molar-refractivity contribution is 0.116. The Labute approximate surface area is 145 Å². The molecule has 0 amide bonds. The third-order valence-corrected chi connectivity index (χ3v) is 3.59. The zero-order valence-electron chi connectivity index (χ0n) is 13.2. The standard InChI is InChI=1S/C16H11F2N7O/c17-13(18)16-22-21-15(26-16)11-6-4-10(5-7-11)9-25-14(20-23-24-25)12-3-1-2-8-19-12/h1-8,13H,9H2. The van der Waals surface area contributed by atoms with E-state index in [1.807, 2.05) is 30.3 Å². The van der Waals surface area contributed by atoms with Crippen LogP contribution >= 0.6 is 0 Å². The maximum Gasteiger partial charge on any atom is 0.314 e. The lowest BCUT2D eigenvalue weighted by atomic mass is 10.1. The number of hydrogen-bond donors (Lipinski definition) is 0. The van der Waals surface area contributed by atoms with Gasteiger partial charge in [-0.2, -0.15) is 8.78 Å². The predicted molar refractivity (Wildman–Crippen MR) is 84.8 cm³/mol. The van der Waals surface area contributed by atoms with Crippen LogP contribution in [0.5, 0.6) is 0 Å². The molecule has 3 aromatic heterocycles. The molecule has 0 radical (unpaired) electrons. The van der Waals surface area contributed by atoms with Gasteiger partial charge in [0.2, 0.25) is 11.7 Å². The van der Waals surface area contributed by atoms with E-state index < -0.39 is 12.3 Å². The van der Waals surface area contributed by atoms with Gasteiger partial charge in [-0.25, -0.2) is 4.68 Å². The number of nitrogens with zero attached hydrogens (tertiary/aromatic N) is 7. The van der Waals surface area contributed by atoms with Crippen LogP contribution in [-0.4, -0.2) is 35.4 Å². The summed E-state index contributed by atoms with van der Waals surface area (Å²) in [6, 6.07) is 12.5. The van der Waals surface area contributed by atoms with Crippen LogP contribution in [0.1, 0.15) is 17.9 Å². The Morgan fingerprint density at radius 3 is 2.54 bits per heavy atom. The van der Waals surface area contributed by atoms with Crippen LogP contribution in [0.2, 0.25) is 0 Å². The van der Waals surface area contributed by atoms with E-state index in [1.54, 1.807) is 23.0 Å². The molecule has 8 nitrogen and oxygen atoms in total. The van der Waals surface area contributed by atoms with Crippen molar-refractivity contribution in [3.8, 4) is 23.0 Å². The van der Waals surface area contributed by atoms with E-state index in [-0.39, 0.29) is 5.89 Å². The van der Waals surface area contributed by atoms with Gasteiger partial charge in [-0.15, -0.1) is 15.3 Å². The minimum Gasteiger partial charge on any atom is -0.415 e. The summed E-state index contributed by atoms with van der Waals surface area (Å²) in [4.78, 5) is 4.24. The van der Waals surface area contributed by atoms with Crippen LogP contribution in [0.4, 0.5) is 8.78 Å². The van der Waals surface area contributed by atoms with Gasteiger partial charge >= 0.3 is 6.43 Å². The first-order valence-corrected chi connectivity index (χ1v) is 7.59. The topological polar surface area (TPSA) is 95.4 Å². The Bertz CT molecular complexity index is 999. The molecule has 0 saturated carbocycles. The van der Waals surface area contributed by atoms with Gasteiger partial charge in [0.1, 0.15) is 5.69 Å². The van der Waals surface area contributed by atoms with Crippen molar-refractivity contribution in [1.82, 2.24) is 35.4 Å². The van der Waals surface area contributed by atoms with Gasteiger partial charge < -0.3 is 4.42 Å². The molecule has 0 N–H and O–H groups in total. The van der Waals surface area contributed by atoms with E-state index >= 15 is 0 Å². The Morgan fingerprint density at radius 1 is 1.00 bits per heavy atom. The Hall–Kier alpha value is -3.56. The summed E-state index contributed by atoms with van der Waals surface area (Å²) in [6.07, 6.45) is -1.12. The molecular weight excluding hydrogens is 344 g/mol. The van der Waals surface area contributed by atoms with Crippen molar-refractivity contribution in [3.63, 3.8) is 0 Å². The lowest BCUT2D eigenvalue weighted by Crippen LogP contribution is -2.05. The molecular formula is C16H11F2N7O. The molecule has 0 bridgehead atoms. The molecule has 0 fully saturated rings. The fourth-order valence-corrected chi connectivity index (χ4v) is 2.35. The summed E-state index contributed by atoms with van der Waals surface area (Å²) < 4.78 is 31.6. The van der Waals surface area contributed by atoms with Crippen LogP contribution in [0.15, 0.2) is 53.1 Å². The molecule has 0 spiro atoms. The first kappa shape index (κ1) is 15.9. The third kappa shape index (κ3) is 3.16. The summed E-state index contributed by atoms with van der Waals surface area (Å²) in [5.74, 6) is -0.102. The number of halogens is 2. The fraction of sp³-hybridized carbons (Fsp3) is 0.125. The molecule has 1 aromatic carbocycles. The van der Waals surface area contributed by atoms with E-state index in [4.69, 9.17) is 4.42 Å². The molecule has 0 saturated heterocycles. The smallest absolute Gasteiger partial charge is 0.314 e. The quantitative estimate of drug-likeness (QED) is 0.543. The lowest BCUT2D eigenvalue weighted by Gasteiger charge is -2.05. The van der Waals surface area contributed by atoms with Crippen LogP contribution in [0.25, 0.3) is 23.0 Å². The van der Waals surface area contributed by atoms with Crippen LogP contribution in [-0.2, 0) is 6.54 Å². The van der Waals surface area contributed by atoms with E-state index in [0.29, 0.717) is 23.6 Å². The van der Waals surface area contributed by atoms with E-state index in [0.717, 1.165) is 5.56 Å². The van der Waals surface area contributed by atoms with E-state index in [2.05, 4.69) is 30.7 Å². The molecule has 0 aliphatic carbocycles. The minimum absolute atomic E-state index is 0.0449. The van der Waals surface area contributed by atoms with E-state index in [9.17, 15) is 8.78 Å². The van der Waals surface area contributed by atoms with Crippen LogP contribution < -0.4 is 0 Å². The normalized spacial score (nSPS) is 11.2. The first-order valence-electron chi connectivity index (χ1n) is 7.59. The highest BCUT2D eigenvalue weighted by Crippen LogP contribution is 2.23. The number of pyridine rings is 1. The van der Waals surface area contributed by atoms with Crippen LogP contribution in [0, 0.1) is 0 Å². The zero-order valence-corrected chi connectivity index (χ0v) is 13.2. The summed E-state index contributed by atoms with van der Waals surface area (Å²) in [5, 5.41) is 18.6. The predicted octanol–water partition coefficient (Wildman–Crippen LogP) is 2.77. The second-order valence-electron chi connectivity index (χ2n) is 5.32. The second-order valence-corrected chi connectivity index (χ2v) is 5.32. The monoisotopic (exact) mass is 355 g/mol. The Morgan fingerprint density at radius 2 is 1.85 bits per heavy atom. The minimum atomic E-state index is -2.79. The second kappa shape index (κ2) is 6.75. The van der Waals surface area contributed by atoms with Crippen molar-refractivity contribution >= 4 is 0 Å². The highest BCUT2D eigenvalue weighted by Gasteiger charge is 2.17. The average Bonchev–Trinajstić information content (AvgIpc) is 3.33. The molecule has 0 unspecified atom stereocenters. The van der Waals surface area contributed by atoms with Gasteiger partial charge in [0, 0.05) is 11.8 Å². The molecule has 10 heteroatoms. The summed E-state index contributed by atoms with van der Waals surface area (Å²) in [6.45, 7) is 0.422. The Balaban J connectivity index is 1.54. The van der Waals surface area contributed by atoms with Gasteiger partial charge in [0.15, 0.2) is 0 Å². The van der Waals surface area contributed by atoms with Crippen molar-refractivity contribution in [2.75, 3.05) is 0 Å². The molecule has 4 aromatic rings. The summed E-state index contributed by atoms with van der Waals surface area (Å²) in [7, 11) is 0. The molecule has 0 atom stereocenters. The van der Waals surface area contributed by atoms with Gasteiger partial charge in [0.05, 0.1) is 6.54 Å². The van der Waals surface area contributed by atoms with E-state index in [1.165, 1.54) is 0 Å². The summed E-state index contributed by atoms with van der Waals surface area (Å²) in [5.41, 5.74) is 2.13. The number of aromatic nitrogens is 7. The highest BCUT2D eigenvalue weighted by atomic mass is 19.3. The number of alkyl halides is 2. The largest absolute Gasteiger partial charge is 0.415 e. The number of benzene rings is 1. The number of tetrazole rings is 1. The maximum atomic E-state index is 12.5. The van der Waals surface area contributed by atoms with Gasteiger partial charge in [-0.1, -0.05) is 18.2 Å². The molecule has 0 aliphatic heterocycles. The molecule has 130 valence electrons. The molecule has 0 aliphatic rings. The SMILES string of the molecule is FC(F)c1nnc(-c2ccc(Cn3nnnc3-c3ccccn3)cc2)o1. The highest BCUT2D eigenvalue weighted by molar-refractivity contribution is 5.53. The van der Waals surface area contributed by atoms with Crippen molar-refractivity contribution in [2.24, 2.45) is 0 Å². The number of rotatable bonds is 5. The fourth-order valence-electron chi connectivity index (χ4n) is 2.35. The van der Waals surface area contributed by atoms with Gasteiger partial charge in [-0.05, 0) is 40.3 Å². The van der Waals surface area contributed by atoms with Crippen molar-refractivity contribution in [3.05, 3.63) is 60.1 Å². The molecule has 4 rings (SSSR count). The Kier molecular flexibility index (Phi) is 4.14. The first-order chi connectivity index (χ1) is 12.7. The number of hydrogen-bond acceptors (Lipinski definition) is 7. The van der Waals surface area contributed by atoms with Crippen molar-refractivity contribution < 1.29 is 13.2 Å². The average molecular weight is 355 g/mol. The van der Waals surface area contributed by atoms with Gasteiger partial charge in [-0.3, -0.25) is 4.98 Å². The van der Waals surface area contributed by atoms with Crippen LogP contribution in [0.3, 0.4) is 0 Å². The maximum absolute atomic E-state index is 12.5.